The van der Waals surface area contributed by atoms with E-state index in [-0.39, 0.29) is 11.1 Å². The molecule has 2 N–H and O–H groups in total. The quantitative estimate of drug-likeness (QED) is 0.244. The number of rotatable bonds is 2. The smallest absolute Gasteiger partial charge is 0.354 e. The van der Waals surface area contributed by atoms with Crippen molar-refractivity contribution in [3.8, 4) is 28.3 Å². The number of aromatic nitrogens is 2. The van der Waals surface area contributed by atoms with Gasteiger partial charge >= 0.3 is 6.18 Å². The van der Waals surface area contributed by atoms with Crippen molar-refractivity contribution >= 4 is 43.6 Å². The molecule has 3 nitrogen and oxygen atoms in total. The third kappa shape index (κ3) is 3.15. The number of benzene rings is 5. The molecule has 6 heteroatoms. The van der Waals surface area contributed by atoms with E-state index in [1.807, 2.05) is 84.9 Å². The lowest BCUT2D eigenvalue weighted by molar-refractivity contribution is -0.137. The molecule has 0 radical (unpaired) electrons. The number of H-pyrrole nitrogens is 2. The van der Waals surface area contributed by atoms with Crippen molar-refractivity contribution < 1.29 is 13.2 Å². The largest absolute Gasteiger partial charge is 0.417 e. The molecule has 5 aromatic carbocycles. The summed E-state index contributed by atoms with van der Waals surface area (Å²) in [5.74, 6) is 0. The van der Waals surface area contributed by atoms with E-state index < -0.39 is 11.7 Å². The van der Waals surface area contributed by atoms with Gasteiger partial charge in [-0.2, -0.15) is 18.4 Å². The lowest BCUT2D eigenvalue weighted by Gasteiger charge is -2.17. The van der Waals surface area contributed by atoms with Gasteiger partial charge in [0.2, 0.25) is 0 Å². The van der Waals surface area contributed by atoms with Gasteiger partial charge in [-0.3, -0.25) is 0 Å². The van der Waals surface area contributed by atoms with E-state index >= 15 is 0 Å². The van der Waals surface area contributed by atoms with E-state index in [9.17, 15) is 18.4 Å². The van der Waals surface area contributed by atoms with Crippen LogP contribution in [0.25, 0.3) is 65.9 Å². The number of hydrogen-bond acceptors (Lipinski definition) is 1. The Kier molecular flexibility index (Phi) is 4.67. The fourth-order valence-corrected chi connectivity index (χ4v) is 5.66. The Morgan fingerprint density at radius 2 is 1.18 bits per heavy atom. The molecule has 0 bridgehead atoms. The molecule has 2 aromatic heterocycles. The second-order valence-electron chi connectivity index (χ2n) is 9.33. The fourth-order valence-electron chi connectivity index (χ4n) is 5.66. The third-order valence-corrected chi connectivity index (χ3v) is 7.20. The fraction of sp³-hybridized carbons (Fsp3) is 0.0312. The van der Waals surface area contributed by atoms with Gasteiger partial charge < -0.3 is 9.97 Å². The zero-order valence-electron chi connectivity index (χ0n) is 19.8. The van der Waals surface area contributed by atoms with Gasteiger partial charge in [-0.15, -0.1) is 0 Å². The first kappa shape index (κ1) is 22.2. The maximum Gasteiger partial charge on any atom is 0.417 e. The van der Waals surface area contributed by atoms with Gasteiger partial charge in [-0.1, -0.05) is 72.8 Å². The number of aromatic amines is 2. The average molecular weight is 502 g/mol. The summed E-state index contributed by atoms with van der Waals surface area (Å²) >= 11 is 0. The number of nitrogens with zero attached hydrogens (tertiary/aromatic N) is 1. The normalized spacial score (nSPS) is 12.1. The summed E-state index contributed by atoms with van der Waals surface area (Å²) in [4.78, 5) is 7.00. The molecule has 7 aromatic rings. The van der Waals surface area contributed by atoms with Gasteiger partial charge in [0.05, 0.1) is 28.2 Å². The van der Waals surface area contributed by atoms with Crippen molar-refractivity contribution in [1.82, 2.24) is 9.97 Å². The van der Waals surface area contributed by atoms with Gasteiger partial charge in [0.1, 0.15) is 0 Å². The molecule has 0 amide bonds. The Bertz CT molecular complexity index is 2070. The Balaban J connectivity index is 1.80. The Labute approximate surface area is 214 Å². The zero-order valence-corrected chi connectivity index (χ0v) is 19.8. The lowest BCUT2D eigenvalue weighted by Crippen LogP contribution is -2.08. The molecule has 2 heterocycles. The second kappa shape index (κ2) is 7.99. The predicted molar refractivity (Wildman–Crippen MR) is 146 cm³/mol. The number of nitrogens with one attached hydrogen (secondary N) is 2. The Hall–Kier alpha value is -5.02. The van der Waals surface area contributed by atoms with Crippen LogP contribution in [-0.4, -0.2) is 9.97 Å². The SMILES string of the molecule is N#Cc1ccc(-c2c3[nH]c4ccccc4c3c(-c3ccccc3)c3[nH]c4ccccc4c23)c(C(F)(F)F)c1. The Morgan fingerprint density at radius 3 is 1.79 bits per heavy atom. The van der Waals surface area contributed by atoms with Crippen molar-refractivity contribution in [2.24, 2.45) is 0 Å². The molecular formula is C32H18F3N3. The van der Waals surface area contributed by atoms with E-state index in [1.54, 1.807) is 0 Å². The van der Waals surface area contributed by atoms with Crippen LogP contribution in [0.1, 0.15) is 11.1 Å². The molecule has 38 heavy (non-hydrogen) atoms. The molecule has 0 saturated heterocycles. The number of hydrogen-bond donors (Lipinski definition) is 2. The van der Waals surface area contributed by atoms with Crippen LogP contribution >= 0.6 is 0 Å². The molecule has 0 atom stereocenters. The summed E-state index contributed by atoms with van der Waals surface area (Å²) < 4.78 is 43.5. The van der Waals surface area contributed by atoms with E-state index in [1.165, 1.54) is 12.1 Å². The number of alkyl halides is 3. The van der Waals surface area contributed by atoms with Gasteiger partial charge in [0.15, 0.2) is 0 Å². The van der Waals surface area contributed by atoms with Gasteiger partial charge in [-0.05, 0) is 35.4 Å². The van der Waals surface area contributed by atoms with Crippen molar-refractivity contribution in [3.05, 3.63) is 108 Å². The summed E-state index contributed by atoms with van der Waals surface area (Å²) in [6.07, 6.45) is -4.66. The maximum absolute atomic E-state index is 14.5. The van der Waals surface area contributed by atoms with Gasteiger partial charge in [0.25, 0.3) is 0 Å². The lowest BCUT2D eigenvalue weighted by atomic mass is 9.88. The molecule has 0 aliphatic rings. The maximum atomic E-state index is 14.5. The highest BCUT2D eigenvalue weighted by atomic mass is 19.4. The van der Waals surface area contributed by atoms with Crippen LogP contribution in [0.4, 0.5) is 13.2 Å². The monoisotopic (exact) mass is 501 g/mol. The summed E-state index contributed by atoms with van der Waals surface area (Å²) in [6.45, 7) is 0. The first-order valence-corrected chi connectivity index (χ1v) is 12.1. The first-order valence-electron chi connectivity index (χ1n) is 12.1. The first-order chi connectivity index (χ1) is 18.5. The van der Waals surface area contributed by atoms with Gasteiger partial charge in [0, 0.05) is 43.7 Å². The van der Waals surface area contributed by atoms with Crippen LogP contribution in [-0.2, 0) is 6.18 Å². The standard InChI is InChI=1S/C32H18F3N3/c33-32(34,35)23-16-18(17-36)14-15-20(23)27-29-22-11-5-7-13-25(22)37-30(29)26(19-8-2-1-3-9-19)28-21-10-4-6-12-24(21)38-31(27)28/h1-16,37-38H. The zero-order chi connectivity index (χ0) is 26.0. The Morgan fingerprint density at radius 1 is 0.632 bits per heavy atom. The minimum absolute atomic E-state index is 0.0300. The van der Waals surface area contributed by atoms with E-state index in [0.717, 1.165) is 49.9 Å². The number of para-hydroxylation sites is 2. The molecule has 0 aliphatic carbocycles. The molecule has 7 rings (SSSR count). The molecule has 0 fully saturated rings. The van der Waals surface area contributed by atoms with Crippen LogP contribution in [0.2, 0.25) is 0 Å². The van der Waals surface area contributed by atoms with Crippen LogP contribution in [0.5, 0.6) is 0 Å². The van der Waals surface area contributed by atoms with Crippen molar-refractivity contribution in [3.63, 3.8) is 0 Å². The van der Waals surface area contributed by atoms with Crippen LogP contribution < -0.4 is 0 Å². The molecule has 0 unspecified atom stereocenters. The molecular weight excluding hydrogens is 483 g/mol. The van der Waals surface area contributed by atoms with E-state index in [4.69, 9.17) is 0 Å². The third-order valence-electron chi connectivity index (χ3n) is 7.20. The second-order valence-corrected chi connectivity index (χ2v) is 9.33. The van der Waals surface area contributed by atoms with Crippen LogP contribution in [0.15, 0.2) is 97.1 Å². The molecule has 0 saturated carbocycles. The van der Waals surface area contributed by atoms with Crippen molar-refractivity contribution in [2.45, 2.75) is 6.18 Å². The van der Waals surface area contributed by atoms with E-state index in [2.05, 4.69) is 9.97 Å². The minimum Gasteiger partial charge on any atom is -0.354 e. The topological polar surface area (TPSA) is 55.4 Å². The number of nitriles is 1. The highest BCUT2D eigenvalue weighted by molar-refractivity contribution is 6.31. The van der Waals surface area contributed by atoms with Crippen LogP contribution in [0.3, 0.4) is 0 Å². The van der Waals surface area contributed by atoms with Crippen molar-refractivity contribution in [1.29, 1.82) is 5.26 Å². The van der Waals surface area contributed by atoms with E-state index in [0.29, 0.717) is 16.5 Å². The average Bonchev–Trinajstić information content (AvgIpc) is 3.50. The van der Waals surface area contributed by atoms with Crippen molar-refractivity contribution in [2.75, 3.05) is 0 Å². The minimum atomic E-state index is -4.66. The molecule has 0 aliphatic heterocycles. The highest BCUT2D eigenvalue weighted by Crippen LogP contribution is 2.50. The predicted octanol–water partition coefficient (Wildman–Crippen LogP) is 9.18. The summed E-state index contributed by atoms with van der Waals surface area (Å²) in [5.41, 5.74) is 4.56. The van der Waals surface area contributed by atoms with Gasteiger partial charge in [-0.25, -0.2) is 0 Å². The summed E-state index contributed by atoms with van der Waals surface area (Å²) in [7, 11) is 0. The molecule has 0 spiro atoms. The summed E-state index contributed by atoms with van der Waals surface area (Å²) in [6, 6.07) is 31.0. The summed E-state index contributed by atoms with van der Waals surface area (Å²) in [5, 5.41) is 12.7. The number of fused-ring (bicyclic) bond motifs is 6. The number of halogens is 3. The highest BCUT2D eigenvalue weighted by Gasteiger charge is 2.36. The van der Waals surface area contributed by atoms with Crippen LogP contribution in [0, 0.1) is 11.3 Å². The molecule has 182 valence electrons.